The van der Waals surface area contributed by atoms with Crippen LogP contribution >= 0.6 is 0 Å². The lowest BCUT2D eigenvalue weighted by molar-refractivity contribution is -0.183. The van der Waals surface area contributed by atoms with E-state index >= 15 is 0 Å². The Morgan fingerprint density at radius 3 is 2.38 bits per heavy atom. The zero-order valence-corrected chi connectivity index (χ0v) is 13.3. The minimum Gasteiger partial charge on any atom is -0.393 e. The highest BCUT2D eigenvalue weighted by Crippen LogP contribution is 2.52. The lowest BCUT2D eigenvalue weighted by Gasteiger charge is -2.59. The van der Waals surface area contributed by atoms with Gasteiger partial charge in [0.15, 0.2) is 0 Å². The van der Waals surface area contributed by atoms with Gasteiger partial charge in [-0.1, -0.05) is 13.8 Å². The first kappa shape index (κ1) is 15.3. The van der Waals surface area contributed by atoms with Crippen LogP contribution in [-0.2, 0) is 9.53 Å². The fraction of sp³-hybridized carbons (Fsp3) is 0.938. The van der Waals surface area contributed by atoms with Crippen molar-refractivity contribution in [2.75, 3.05) is 6.61 Å². The van der Waals surface area contributed by atoms with Crippen molar-refractivity contribution in [1.82, 2.24) is 4.90 Å². The average molecular weight is 296 g/mol. The Morgan fingerprint density at radius 1 is 1.33 bits per heavy atom. The second-order valence-corrected chi connectivity index (χ2v) is 7.56. The molecule has 3 fully saturated rings. The van der Waals surface area contributed by atoms with Crippen LogP contribution in [0, 0.1) is 5.41 Å². The monoisotopic (exact) mass is 296 g/mol. The Labute approximate surface area is 126 Å². The van der Waals surface area contributed by atoms with E-state index in [9.17, 15) is 9.90 Å². The van der Waals surface area contributed by atoms with Crippen molar-refractivity contribution >= 4 is 5.91 Å². The van der Waals surface area contributed by atoms with E-state index in [1.165, 1.54) is 0 Å². The Morgan fingerprint density at radius 2 is 1.90 bits per heavy atom. The molecule has 0 spiro atoms. The first-order chi connectivity index (χ1) is 9.81. The van der Waals surface area contributed by atoms with Crippen LogP contribution in [0.3, 0.4) is 0 Å². The highest BCUT2D eigenvalue weighted by Gasteiger charge is 2.65. The molecular weight excluding hydrogens is 268 g/mol. The summed E-state index contributed by atoms with van der Waals surface area (Å²) >= 11 is 0. The minimum atomic E-state index is -0.823. The van der Waals surface area contributed by atoms with Gasteiger partial charge < -0.3 is 20.5 Å². The lowest BCUT2D eigenvalue weighted by Crippen LogP contribution is -2.77. The maximum Gasteiger partial charge on any atom is 0.243 e. The van der Waals surface area contributed by atoms with Crippen LogP contribution in [-0.4, -0.2) is 52.4 Å². The van der Waals surface area contributed by atoms with Crippen LogP contribution in [0.25, 0.3) is 0 Å². The molecule has 4 unspecified atom stereocenters. The van der Waals surface area contributed by atoms with Gasteiger partial charge in [-0.2, -0.15) is 0 Å². The van der Waals surface area contributed by atoms with Gasteiger partial charge in [-0.3, -0.25) is 4.79 Å². The molecule has 4 atom stereocenters. The topological polar surface area (TPSA) is 75.8 Å². The Balaban J connectivity index is 1.77. The number of piperidine rings is 1. The highest BCUT2D eigenvalue weighted by atomic mass is 16.5. The number of ether oxygens (including phenoxy) is 1. The molecule has 2 bridgehead atoms. The van der Waals surface area contributed by atoms with Crippen molar-refractivity contribution in [3.05, 3.63) is 0 Å². The van der Waals surface area contributed by atoms with Crippen molar-refractivity contribution in [3.8, 4) is 0 Å². The fourth-order valence-corrected chi connectivity index (χ4v) is 4.51. The third-order valence-electron chi connectivity index (χ3n) is 6.15. The highest BCUT2D eigenvalue weighted by molar-refractivity contribution is 5.89. The van der Waals surface area contributed by atoms with Gasteiger partial charge in [0.1, 0.15) is 5.54 Å². The first-order valence-corrected chi connectivity index (χ1v) is 8.22. The number of carbonyl (C=O) groups excluding carboxylic acids is 1. The van der Waals surface area contributed by atoms with Crippen molar-refractivity contribution in [3.63, 3.8) is 0 Å². The smallest absolute Gasteiger partial charge is 0.243 e. The molecule has 0 aromatic heterocycles. The summed E-state index contributed by atoms with van der Waals surface area (Å²) in [4.78, 5) is 15.1. The fourth-order valence-electron chi connectivity index (χ4n) is 4.51. The summed E-state index contributed by atoms with van der Waals surface area (Å²) in [6.07, 6.45) is 3.81. The number of nitrogens with zero attached hydrogens (tertiary/aromatic N) is 1. The van der Waals surface area contributed by atoms with Crippen molar-refractivity contribution in [2.24, 2.45) is 11.1 Å². The second-order valence-electron chi connectivity index (χ2n) is 7.56. The van der Waals surface area contributed by atoms with Crippen LogP contribution in [0.2, 0.25) is 0 Å². The zero-order valence-electron chi connectivity index (χ0n) is 13.3. The van der Waals surface area contributed by atoms with E-state index in [0.717, 1.165) is 12.8 Å². The van der Waals surface area contributed by atoms with Gasteiger partial charge in [-0.25, -0.2) is 0 Å². The van der Waals surface area contributed by atoms with Gasteiger partial charge in [0.05, 0.1) is 12.2 Å². The number of aliphatic hydroxyl groups excluding tert-OH is 1. The number of carbonyl (C=O) groups is 1. The maximum atomic E-state index is 13.1. The van der Waals surface area contributed by atoms with E-state index in [1.54, 1.807) is 0 Å². The van der Waals surface area contributed by atoms with E-state index in [2.05, 4.69) is 0 Å². The van der Waals surface area contributed by atoms with Gasteiger partial charge in [-0.15, -0.1) is 0 Å². The third kappa shape index (κ3) is 2.05. The van der Waals surface area contributed by atoms with Gasteiger partial charge in [0.25, 0.3) is 0 Å². The quantitative estimate of drug-likeness (QED) is 0.816. The summed E-state index contributed by atoms with van der Waals surface area (Å²) in [6, 6.07) is 0.349. The molecule has 2 saturated heterocycles. The van der Waals surface area contributed by atoms with Crippen LogP contribution in [0.15, 0.2) is 0 Å². The van der Waals surface area contributed by atoms with Gasteiger partial charge >= 0.3 is 0 Å². The average Bonchev–Trinajstić information content (AvgIpc) is 2.69. The molecule has 21 heavy (non-hydrogen) atoms. The molecule has 0 aromatic rings. The largest absolute Gasteiger partial charge is 0.393 e. The number of fused-ring (bicyclic) bond motifs is 2. The molecule has 5 heteroatoms. The molecule has 2 heterocycles. The van der Waals surface area contributed by atoms with Gasteiger partial charge in [-0.05, 0) is 32.6 Å². The number of aliphatic hydroxyl groups is 1. The number of rotatable bonds is 3. The normalized spacial score (nSPS) is 44.5. The Hall–Kier alpha value is -0.650. The van der Waals surface area contributed by atoms with E-state index in [1.807, 2.05) is 25.7 Å². The molecule has 3 N–H and O–H groups in total. The molecular formula is C16H28N2O3. The Kier molecular flexibility index (Phi) is 3.58. The molecule has 120 valence electrons. The predicted molar refractivity (Wildman–Crippen MR) is 79.6 cm³/mol. The molecule has 1 amide bonds. The van der Waals surface area contributed by atoms with Crippen molar-refractivity contribution < 1.29 is 14.6 Å². The SMILES string of the molecule is CCOC1CC(N)(C(=O)N2C3CCC2CC(O)C3)C1(C)C. The molecule has 2 aliphatic heterocycles. The van der Waals surface area contributed by atoms with E-state index in [4.69, 9.17) is 10.5 Å². The van der Waals surface area contributed by atoms with E-state index in [0.29, 0.717) is 25.9 Å². The van der Waals surface area contributed by atoms with Crippen LogP contribution in [0.5, 0.6) is 0 Å². The lowest BCUT2D eigenvalue weighted by atomic mass is 9.54. The predicted octanol–water partition coefficient (Wildman–Crippen LogP) is 1.03. The van der Waals surface area contributed by atoms with Gasteiger partial charge in [0, 0.05) is 30.5 Å². The molecule has 3 aliphatic rings. The summed E-state index contributed by atoms with van der Waals surface area (Å²) in [5.74, 6) is 0.0721. The molecule has 1 aliphatic carbocycles. The number of amides is 1. The molecule has 0 aromatic carbocycles. The van der Waals surface area contributed by atoms with Crippen molar-refractivity contribution in [1.29, 1.82) is 0 Å². The van der Waals surface area contributed by atoms with E-state index in [-0.39, 0.29) is 35.6 Å². The molecule has 3 rings (SSSR count). The van der Waals surface area contributed by atoms with Gasteiger partial charge in [0.2, 0.25) is 5.91 Å². The molecule has 5 nitrogen and oxygen atoms in total. The summed E-state index contributed by atoms with van der Waals surface area (Å²) in [6.45, 7) is 6.70. The standard InChI is InChI=1S/C16H28N2O3/c1-4-21-13-9-16(17,15(13,2)3)14(20)18-10-5-6-11(18)8-12(19)7-10/h10-13,19H,4-9,17H2,1-3H3. The maximum absolute atomic E-state index is 13.1. The minimum absolute atomic E-state index is 0.0597. The number of nitrogens with two attached hydrogens (primary N) is 1. The first-order valence-electron chi connectivity index (χ1n) is 8.22. The number of hydrogen-bond donors (Lipinski definition) is 2. The molecule has 1 saturated carbocycles. The third-order valence-corrected chi connectivity index (χ3v) is 6.15. The Bertz CT molecular complexity index is 425. The van der Waals surface area contributed by atoms with Crippen molar-refractivity contribution in [2.45, 2.75) is 82.7 Å². The van der Waals surface area contributed by atoms with Crippen LogP contribution in [0.4, 0.5) is 0 Å². The summed E-state index contributed by atoms with van der Waals surface area (Å²) in [5, 5.41) is 9.89. The summed E-state index contributed by atoms with van der Waals surface area (Å²) in [5.41, 5.74) is 5.37. The van der Waals surface area contributed by atoms with Crippen LogP contribution in [0.1, 0.15) is 52.9 Å². The zero-order chi connectivity index (χ0) is 15.4. The summed E-state index contributed by atoms with van der Waals surface area (Å²) in [7, 11) is 0. The summed E-state index contributed by atoms with van der Waals surface area (Å²) < 4.78 is 5.72. The number of hydrogen-bond acceptors (Lipinski definition) is 4. The second kappa shape index (κ2) is 4.93. The van der Waals surface area contributed by atoms with E-state index < -0.39 is 5.54 Å². The van der Waals surface area contributed by atoms with Crippen LogP contribution < -0.4 is 5.73 Å². The molecule has 0 radical (unpaired) electrons.